The Labute approximate surface area is 156 Å². The zero-order valence-electron chi connectivity index (χ0n) is 15.0. The van der Waals surface area contributed by atoms with Crippen LogP contribution in [-0.4, -0.2) is 34.3 Å². The van der Waals surface area contributed by atoms with Crippen molar-refractivity contribution in [2.45, 2.75) is 31.7 Å². The van der Waals surface area contributed by atoms with Crippen LogP contribution < -0.4 is 10.6 Å². The molecule has 0 radical (unpaired) electrons. The highest BCUT2D eigenvalue weighted by atomic mass is 16.2. The summed E-state index contributed by atoms with van der Waals surface area (Å²) in [6.07, 6.45) is 3.80. The molecule has 1 aromatic heterocycles. The second-order valence-corrected chi connectivity index (χ2v) is 7.00. The van der Waals surface area contributed by atoms with Crippen molar-refractivity contribution in [1.82, 2.24) is 15.2 Å². The number of aromatic nitrogens is 1. The van der Waals surface area contributed by atoms with Gasteiger partial charge in [-0.05, 0) is 55.0 Å². The molecule has 1 spiro atoms. The van der Waals surface area contributed by atoms with Gasteiger partial charge in [0.05, 0.1) is 0 Å². The zero-order valence-corrected chi connectivity index (χ0v) is 15.0. The van der Waals surface area contributed by atoms with Gasteiger partial charge in [0, 0.05) is 6.20 Å². The molecule has 0 bridgehead atoms. The van der Waals surface area contributed by atoms with Crippen molar-refractivity contribution in [3.05, 3.63) is 59.3 Å². The predicted molar refractivity (Wildman–Crippen MR) is 98.9 cm³/mol. The first-order valence-corrected chi connectivity index (χ1v) is 8.94. The number of aryl methyl sites for hydroxylation is 2. The molecule has 4 rings (SSSR count). The van der Waals surface area contributed by atoms with Gasteiger partial charge in [0.25, 0.3) is 5.91 Å². The number of carbonyl (C=O) groups excluding carboxylic acids is 3. The van der Waals surface area contributed by atoms with Crippen molar-refractivity contribution in [1.29, 1.82) is 0 Å². The first kappa shape index (κ1) is 17.2. The summed E-state index contributed by atoms with van der Waals surface area (Å²) < 4.78 is 0. The highest BCUT2D eigenvalue weighted by Gasteiger charge is 2.54. The molecule has 7 heteroatoms. The van der Waals surface area contributed by atoms with Crippen LogP contribution in [0.2, 0.25) is 0 Å². The van der Waals surface area contributed by atoms with E-state index in [2.05, 4.69) is 15.6 Å². The number of pyridine rings is 1. The van der Waals surface area contributed by atoms with Gasteiger partial charge in [-0.3, -0.25) is 14.5 Å². The van der Waals surface area contributed by atoms with Gasteiger partial charge >= 0.3 is 6.03 Å². The maximum absolute atomic E-state index is 13.1. The molecular formula is C20H20N4O3. The van der Waals surface area contributed by atoms with E-state index in [0.29, 0.717) is 12.2 Å². The summed E-state index contributed by atoms with van der Waals surface area (Å²) in [5.41, 5.74) is 1.78. The van der Waals surface area contributed by atoms with Crippen molar-refractivity contribution >= 4 is 23.7 Å². The largest absolute Gasteiger partial charge is 0.325 e. The quantitative estimate of drug-likeness (QED) is 0.816. The SMILES string of the molecule is Cc1ccnc(NC(=O)CN2C(=O)N[C@]3(CCCc4ccccc43)C2=O)c1. The van der Waals surface area contributed by atoms with Gasteiger partial charge in [0.15, 0.2) is 0 Å². The fourth-order valence-corrected chi connectivity index (χ4v) is 3.89. The lowest BCUT2D eigenvalue weighted by Crippen LogP contribution is -2.47. The maximum Gasteiger partial charge on any atom is 0.325 e. The Morgan fingerprint density at radius 3 is 2.93 bits per heavy atom. The van der Waals surface area contributed by atoms with Gasteiger partial charge < -0.3 is 10.6 Å². The molecule has 4 amide bonds. The summed E-state index contributed by atoms with van der Waals surface area (Å²) in [7, 11) is 0. The standard InChI is InChI=1S/C20H20N4O3/c1-13-8-10-21-16(11-13)22-17(25)12-24-18(26)20(23-19(24)27)9-4-6-14-5-2-3-7-15(14)20/h2-3,5,7-8,10-11H,4,6,9,12H2,1H3,(H,23,27)(H,21,22,25)/t20-/m0/s1. The van der Waals surface area contributed by atoms with E-state index >= 15 is 0 Å². The average Bonchev–Trinajstić information content (AvgIpc) is 2.87. The van der Waals surface area contributed by atoms with Crippen molar-refractivity contribution in [3.63, 3.8) is 0 Å². The van der Waals surface area contributed by atoms with Crippen molar-refractivity contribution < 1.29 is 14.4 Å². The van der Waals surface area contributed by atoms with Gasteiger partial charge in [-0.1, -0.05) is 24.3 Å². The molecule has 1 aliphatic carbocycles. The molecule has 2 aliphatic rings. The van der Waals surface area contributed by atoms with E-state index in [4.69, 9.17) is 0 Å². The number of hydrogen-bond donors (Lipinski definition) is 2. The first-order valence-electron chi connectivity index (χ1n) is 8.94. The Balaban J connectivity index is 1.55. The van der Waals surface area contributed by atoms with Crippen LogP contribution in [0.15, 0.2) is 42.6 Å². The molecule has 7 nitrogen and oxygen atoms in total. The number of fused-ring (bicyclic) bond motifs is 2. The average molecular weight is 364 g/mol. The van der Waals surface area contributed by atoms with Crippen LogP contribution in [0.25, 0.3) is 0 Å². The normalized spacial score (nSPS) is 21.1. The van der Waals surface area contributed by atoms with Crippen molar-refractivity contribution in [2.24, 2.45) is 0 Å². The molecule has 138 valence electrons. The molecule has 1 aliphatic heterocycles. The number of benzene rings is 1. The van der Waals surface area contributed by atoms with Crippen LogP contribution in [0.3, 0.4) is 0 Å². The number of imide groups is 1. The van der Waals surface area contributed by atoms with Crippen molar-refractivity contribution in [2.75, 3.05) is 11.9 Å². The number of anilines is 1. The number of nitrogens with one attached hydrogen (secondary N) is 2. The fraction of sp³-hybridized carbons (Fsp3) is 0.300. The third-order valence-corrected chi connectivity index (χ3v) is 5.14. The van der Waals surface area contributed by atoms with E-state index in [-0.39, 0.29) is 12.5 Å². The monoisotopic (exact) mass is 364 g/mol. The third kappa shape index (κ3) is 2.95. The summed E-state index contributed by atoms with van der Waals surface area (Å²) in [6.45, 7) is 1.54. The van der Waals surface area contributed by atoms with Crippen LogP contribution in [0.4, 0.5) is 10.6 Å². The van der Waals surface area contributed by atoms with Crippen LogP contribution in [-0.2, 0) is 21.5 Å². The van der Waals surface area contributed by atoms with Gasteiger partial charge in [-0.15, -0.1) is 0 Å². The second-order valence-electron chi connectivity index (χ2n) is 7.00. The minimum absolute atomic E-state index is 0.343. The van der Waals surface area contributed by atoms with Gasteiger partial charge in [-0.25, -0.2) is 9.78 Å². The second kappa shape index (κ2) is 6.50. The van der Waals surface area contributed by atoms with E-state index in [1.54, 1.807) is 12.3 Å². The highest BCUT2D eigenvalue weighted by molar-refractivity contribution is 6.10. The third-order valence-electron chi connectivity index (χ3n) is 5.14. The van der Waals surface area contributed by atoms with Crippen LogP contribution >= 0.6 is 0 Å². The molecule has 2 heterocycles. The van der Waals surface area contributed by atoms with E-state index in [1.807, 2.05) is 37.3 Å². The van der Waals surface area contributed by atoms with E-state index in [9.17, 15) is 14.4 Å². The Morgan fingerprint density at radius 1 is 1.30 bits per heavy atom. The van der Waals surface area contributed by atoms with E-state index < -0.39 is 17.5 Å². The summed E-state index contributed by atoms with van der Waals surface area (Å²) in [5, 5.41) is 5.48. The predicted octanol–water partition coefficient (Wildman–Crippen LogP) is 2.11. The molecule has 1 atom stereocenters. The first-order chi connectivity index (χ1) is 13.0. The fourth-order valence-electron chi connectivity index (χ4n) is 3.89. The lowest BCUT2D eigenvalue weighted by atomic mass is 9.76. The summed E-state index contributed by atoms with van der Waals surface area (Å²) in [6, 6.07) is 10.7. The molecule has 1 saturated heterocycles. The summed E-state index contributed by atoms with van der Waals surface area (Å²) in [5.74, 6) is -0.436. The lowest BCUT2D eigenvalue weighted by molar-refractivity contribution is -0.134. The molecule has 2 aromatic rings. The maximum atomic E-state index is 13.1. The number of nitrogens with zero attached hydrogens (tertiary/aromatic N) is 2. The highest BCUT2D eigenvalue weighted by Crippen LogP contribution is 2.39. The number of urea groups is 1. The van der Waals surface area contributed by atoms with E-state index in [1.165, 1.54) is 0 Å². The van der Waals surface area contributed by atoms with Gasteiger partial charge in [0.1, 0.15) is 17.9 Å². The van der Waals surface area contributed by atoms with Gasteiger partial charge in [-0.2, -0.15) is 0 Å². The molecule has 2 N–H and O–H groups in total. The minimum atomic E-state index is -1.06. The topological polar surface area (TPSA) is 91.4 Å². The van der Waals surface area contributed by atoms with E-state index in [0.717, 1.165) is 34.4 Å². The number of amides is 4. The number of carbonyl (C=O) groups is 3. The smallest absolute Gasteiger partial charge is 0.319 e. The van der Waals surface area contributed by atoms with Crippen LogP contribution in [0.1, 0.15) is 29.5 Å². The van der Waals surface area contributed by atoms with Crippen LogP contribution in [0, 0.1) is 6.92 Å². The van der Waals surface area contributed by atoms with Crippen molar-refractivity contribution in [3.8, 4) is 0 Å². The van der Waals surface area contributed by atoms with Crippen LogP contribution in [0.5, 0.6) is 0 Å². The molecular weight excluding hydrogens is 344 g/mol. The molecule has 27 heavy (non-hydrogen) atoms. The number of rotatable bonds is 3. The Hall–Kier alpha value is -3.22. The minimum Gasteiger partial charge on any atom is -0.319 e. The molecule has 0 unspecified atom stereocenters. The number of hydrogen-bond acceptors (Lipinski definition) is 4. The summed E-state index contributed by atoms with van der Waals surface area (Å²) in [4.78, 5) is 43.1. The zero-order chi connectivity index (χ0) is 19.0. The Morgan fingerprint density at radius 2 is 2.11 bits per heavy atom. The lowest BCUT2D eigenvalue weighted by Gasteiger charge is -2.33. The summed E-state index contributed by atoms with van der Waals surface area (Å²) >= 11 is 0. The Bertz CT molecular complexity index is 942. The molecule has 0 saturated carbocycles. The van der Waals surface area contributed by atoms with Gasteiger partial charge in [0.2, 0.25) is 5.91 Å². The Kier molecular flexibility index (Phi) is 4.14. The molecule has 1 fully saturated rings. The molecule has 1 aromatic carbocycles.